The molecule has 0 unspecified atom stereocenters. The van der Waals surface area contributed by atoms with Crippen LogP contribution in [0, 0.1) is 32.7 Å². The second kappa shape index (κ2) is 10.1. The molecule has 0 fully saturated rings. The summed E-state index contributed by atoms with van der Waals surface area (Å²) < 4.78 is 7.34. The maximum absolute atomic E-state index is 12.0. The fraction of sp³-hybridized carbons (Fsp3) is 0.158. The standard InChI is InChI=1S/C11H12N5O2.C8H4ClN4O/c1-18-7-6-13-11-14-9-4-2-3-5-10(9)16(17)15(11)8-12;9-8-11-6-3-1-2-4-7(6)13(14)12(8)5-10/h2-5H,6-7H2,1H3,(H,13,14);1-4H/q2*+1. The molecule has 13 heteroatoms. The van der Waals surface area contributed by atoms with E-state index in [-0.39, 0.29) is 11.2 Å². The second-order valence-corrected chi connectivity index (χ2v) is 6.42. The third kappa shape index (κ3) is 4.52. The molecule has 0 bridgehead atoms. The van der Waals surface area contributed by atoms with Crippen molar-refractivity contribution in [2.45, 2.75) is 0 Å². The maximum Gasteiger partial charge on any atom is 0.319 e. The van der Waals surface area contributed by atoms with Crippen molar-refractivity contribution in [3.63, 3.8) is 0 Å². The number of ether oxygens (including phenoxy) is 1. The van der Waals surface area contributed by atoms with Crippen LogP contribution in [-0.4, -0.2) is 39.6 Å². The highest BCUT2D eigenvalue weighted by molar-refractivity contribution is 6.28. The molecule has 1 N–H and O–H groups in total. The maximum atomic E-state index is 12.0. The average Bonchev–Trinajstić information content (AvgIpc) is 2.80. The molecule has 0 radical (unpaired) electrons. The molecule has 2 heterocycles. The molecule has 0 saturated heterocycles. The number of nitriles is 2. The fourth-order valence-electron chi connectivity index (χ4n) is 2.67. The molecule has 160 valence electrons. The zero-order chi connectivity index (χ0) is 23.1. The first-order valence-corrected chi connectivity index (χ1v) is 9.47. The van der Waals surface area contributed by atoms with Gasteiger partial charge in [-0.1, -0.05) is 24.3 Å². The summed E-state index contributed by atoms with van der Waals surface area (Å²) in [6.45, 7) is 0.919. The van der Waals surface area contributed by atoms with Gasteiger partial charge in [-0.3, -0.25) is 0 Å². The summed E-state index contributed by atoms with van der Waals surface area (Å²) in [6.07, 6.45) is 3.41. The zero-order valence-corrected chi connectivity index (χ0v) is 17.5. The van der Waals surface area contributed by atoms with Crippen LogP contribution in [0.4, 0.5) is 5.95 Å². The number of nitrogens with zero attached hydrogens (tertiary/aromatic N) is 8. The van der Waals surface area contributed by atoms with Crippen LogP contribution in [-0.2, 0) is 4.74 Å². The summed E-state index contributed by atoms with van der Waals surface area (Å²) >= 11 is 5.62. The van der Waals surface area contributed by atoms with E-state index in [0.717, 1.165) is 4.68 Å². The summed E-state index contributed by atoms with van der Waals surface area (Å²) in [5.41, 5.74) is 1.63. The van der Waals surface area contributed by atoms with Gasteiger partial charge in [0, 0.05) is 35.2 Å². The van der Waals surface area contributed by atoms with E-state index in [9.17, 15) is 9.81 Å². The highest BCUT2D eigenvalue weighted by atomic mass is 35.5. The Balaban J connectivity index is 0.000000186. The molecule has 2 aromatic heterocycles. The number of anilines is 1. The Labute approximate surface area is 185 Å². The summed E-state index contributed by atoms with van der Waals surface area (Å²) in [5.74, 6) is 0.197. The van der Waals surface area contributed by atoms with Crippen molar-refractivity contribution < 1.29 is 13.8 Å². The van der Waals surface area contributed by atoms with Crippen molar-refractivity contribution in [1.82, 2.24) is 19.3 Å². The number of hydrogen-bond acceptors (Lipinski definition) is 8. The molecule has 12 nitrogen and oxygen atoms in total. The van der Waals surface area contributed by atoms with E-state index < -0.39 is 0 Å². The highest BCUT2D eigenvalue weighted by Crippen LogP contribution is 2.09. The van der Waals surface area contributed by atoms with Gasteiger partial charge < -0.3 is 10.1 Å². The molecular formula is C19H16ClN9O3+2. The van der Waals surface area contributed by atoms with Gasteiger partial charge in [0.15, 0.2) is 9.08 Å². The summed E-state index contributed by atoms with van der Waals surface area (Å²) in [7, 11) is 1.57. The van der Waals surface area contributed by atoms with Gasteiger partial charge in [0.05, 0.1) is 16.4 Å². The predicted molar refractivity (Wildman–Crippen MR) is 114 cm³/mol. The van der Waals surface area contributed by atoms with Crippen LogP contribution in [0.5, 0.6) is 0 Å². The number of fused-ring (bicyclic) bond motifs is 2. The first-order valence-electron chi connectivity index (χ1n) is 9.09. The molecule has 0 amide bonds. The third-order valence-corrected chi connectivity index (χ3v) is 4.38. The Hall–Kier alpha value is -4.39. The van der Waals surface area contributed by atoms with Crippen LogP contribution in [0.3, 0.4) is 0 Å². The Kier molecular flexibility index (Phi) is 7.02. The van der Waals surface area contributed by atoms with Crippen molar-refractivity contribution >= 4 is 39.6 Å². The quantitative estimate of drug-likeness (QED) is 0.358. The number of nitrogens with one attached hydrogen (secondary N) is 1. The number of rotatable bonds is 4. The lowest BCUT2D eigenvalue weighted by Crippen LogP contribution is -2.32. The minimum atomic E-state index is -0.152. The Morgan fingerprint density at radius 1 is 0.969 bits per heavy atom. The summed E-state index contributed by atoms with van der Waals surface area (Å²) in [6, 6.07) is 13.5. The van der Waals surface area contributed by atoms with E-state index in [1.165, 1.54) is 0 Å². The second-order valence-electron chi connectivity index (χ2n) is 6.08. The largest absolute Gasteiger partial charge is 0.383 e. The van der Waals surface area contributed by atoms with E-state index in [4.69, 9.17) is 26.9 Å². The van der Waals surface area contributed by atoms with Gasteiger partial charge >= 0.3 is 11.0 Å². The topological polar surface area (TPSA) is 150 Å². The molecule has 0 atom stereocenters. The van der Waals surface area contributed by atoms with Gasteiger partial charge in [0.2, 0.25) is 0 Å². The zero-order valence-electron chi connectivity index (χ0n) is 16.7. The third-order valence-electron chi connectivity index (χ3n) is 4.13. The van der Waals surface area contributed by atoms with Crippen molar-refractivity contribution in [2.24, 2.45) is 0 Å². The molecule has 4 aromatic rings. The van der Waals surface area contributed by atoms with E-state index in [0.29, 0.717) is 49.0 Å². The summed E-state index contributed by atoms with van der Waals surface area (Å²) in [5, 5.41) is 20.4. The number of hydrogen-bond donors (Lipinski definition) is 1. The van der Waals surface area contributed by atoms with Crippen LogP contribution in [0.2, 0.25) is 5.28 Å². The van der Waals surface area contributed by atoms with Gasteiger partial charge in [-0.15, -0.1) is 0 Å². The van der Waals surface area contributed by atoms with E-state index in [2.05, 4.69) is 15.3 Å². The van der Waals surface area contributed by atoms with Crippen molar-refractivity contribution in [3.8, 4) is 12.4 Å². The molecule has 0 aliphatic rings. The lowest BCUT2D eigenvalue weighted by molar-refractivity contribution is -0.558. The monoisotopic (exact) mass is 453 g/mol. The van der Waals surface area contributed by atoms with Gasteiger partial charge in [-0.2, -0.15) is 10.5 Å². The Bertz CT molecular complexity index is 1480. The number of para-hydroxylation sites is 4. The van der Waals surface area contributed by atoms with E-state index in [1.54, 1.807) is 68.0 Å². The molecule has 4 rings (SSSR count). The molecule has 0 aliphatic carbocycles. The lowest BCUT2D eigenvalue weighted by atomic mass is 10.3. The van der Waals surface area contributed by atoms with Gasteiger partial charge in [0.1, 0.15) is 11.0 Å². The Morgan fingerprint density at radius 2 is 1.50 bits per heavy atom. The highest BCUT2D eigenvalue weighted by Gasteiger charge is 2.18. The number of benzene rings is 2. The molecule has 0 aliphatic heterocycles. The molecule has 32 heavy (non-hydrogen) atoms. The SMILES string of the molecule is COCCNc1nc2ccccc2[n+](=O)n1C#N.N#Cn1c(Cl)nc2ccccc2[n+]1=O. The van der Waals surface area contributed by atoms with E-state index in [1.807, 2.05) is 0 Å². The van der Waals surface area contributed by atoms with Gasteiger partial charge in [-0.05, 0) is 23.7 Å². The normalized spacial score (nSPS) is 10.1. The van der Waals surface area contributed by atoms with Crippen LogP contribution in [0.15, 0.2) is 48.5 Å². The minimum absolute atomic E-state index is 0.152. The number of methoxy groups -OCH3 is 1. The molecular weight excluding hydrogens is 438 g/mol. The predicted octanol–water partition coefficient (Wildman–Crippen LogP) is 1.27. The lowest BCUT2D eigenvalue weighted by Gasteiger charge is -2.03. The van der Waals surface area contributed by atoms with Gasteiger partial charge in [-0.25, -0.2) is 9.97 Å². The van der Waals surface area contributed by atoms with Crippen molar-refractivity contribution in [1.29, 1.82) is 10.5 Å². The first kappa shape index (κ1) is 22.3. The van der Waals surface area contributed by atoms with Crippen molar-refractivity contribution in [3.05, 3.63) is 63.6 Å². The van der Waals surface area contributed by atoms with Crippen molar-refractivity contribution in [2.75, 3.05) is 25.6 Å². The molecule has 0 saturated carbocycles. The van der Waals surface area contributed by atoms with Crippen LogP contribution >= 0.6 is 11.6 Å². The number of halogens is 1. The Morgan fingerprint density at radius 3 is 2.06 bits per heavy atom. The fourth-order valence-corrected chi connectivity index (χ4v) is 2.87. The first-order chi connectivity index (χ1) is 15.5. The minimum Gasteiger partial charge on any atom is -0.383 e. The van der Waals surface area contributed by atoms with Crippen LogP contribution in [0.1, 0.15) is 0 Å². The van der Waals surface area contributed by atoms with Gasteiger partial charge in [0.25, 0.3) is 23.6 Å². The molecule has 2 aromatic carbocycles. The number of aromatic nitrogens is 6. The smallest absolute Gasteiger partial charge is 0.319 e. The average molecular weight is 454 g/mol. The van der Waals surface area contributed by atoms with E-state index >= 15 is 0 Å². The summed E-state index contributed by atoms with van der Waals surface area (Å²) in [4.78, 5) is 31.6. The van der Waals surface area contributed by atoms with Crippen LogP contribution in [0.25, 0.3) is 22.1 Å². The molecule has 0 spiro atoms. The van der Waals surface area contributed by atoms with Crippen LogP contribution < -0.4 is 14.4 Å².